The second-order valence-corrected chi connectivity index (χ2v) is 9.99. The van der Waals surface area contributed by atoms with Gasteiger partial charge in [-0.05, 0) is 42.7 Å². The highest BCUT2D eigenvalue weighted by molar-refractivity contribution is 7.99. The average molecular weight is 437 g/mol. The van der Waals surface area contributed by atoms with E-state index >= 15 is 0 Å². The van der Waals surface area contributed by atoms with Crippen LogP contribution in [0.5, 0.6) is 0 Å². The summed E-state index contributed by atoms with van der Waals surface area (Å²) < 4.78 is 40.4. The van der Waals surface area contributed by atoms with Crippen LogP contribution in [0.25, 0.3) is 0 Å². The number of benzene rings is 2. The smallest absolute Gasteiger partial charge is 0.243 e. The minimum absolute atomic E-state index is 0.126. The Morgan fingerprint density at radius 2 is 1.72 bits per heavy atom. The van der Waals surface area contributed by atoms with Crippen LogP contribution in [0.2, 0.25) is 0 Å². The van der Waals surface area contributed by atoms with E-state index in [1.807, 2.05) is 0 Å². The van der Waals surface area contributed by atoms with Crippen molar-refractivity contribution in [3.63, 3.8) is 0 Å². The van der Waals surface area contributed by atoms with Crippen LogP contribution in [-0.2, 0) is 21.4 Å². The molecular weight excluding hydrogens is 411 g/mol. The molecule has 1 amide bonds. The zero-order valence-electron chi connectivity index (χ0n) is 16.1. The Kier molecular flexibility index (Phi) is 7.69. The summed E-state index contributed by atoms with van der Waals surface area (Å²) in [4.78, 5) is 12.8. The maximum atomic E-state index is 13.6. The third-order valence-electron chi connectivity index (χ3n) is 4.79. The first-order chi connectivity index (χ1) is 14.0. The molecule has 1 saturated heterocycles. The van der Waals surface area contributed by atoms with E-state index in [9.17, 15) is 17.6 Å². The van der Waals surface area contributed by atoms with E-state index in [4.69, 9.17) is 0 Å². The molecule has 0 spiro atoms. The molecule has 0 saturated carbocycles. The molecule has 1 aliphatic heterocycles. The summed E-state index contributed by atoms with van der Waals surface area (Å²) >= 11 is 1.31. The minimum atomic E-state index is -3.44. The molecule has 0 aromatic heterocycles. The summed E-state index contributed by atoms with van der Waals surface area (Å²) in [6, 6.07) is 13.1. The van der Waals surface area contributed by atoms with Gasteiger partial charge in [-0.1, -0.05) is 30.7 Å². The first-order valence-electron chi connectivity index (χ1n) is 9.70. The van der Waals surface area contributed by atoms with Crippen molar-refractivity contribution in [3.05, 3.63) is 59.9 Å². The number of carbonyl (C=O) groups is 1. The third kappa shape index (κ3) is 6.04. The predicted molar refractivity (Wildman–Crippen MR) is 113 cm³/mol. The molecule has 0 aliphatic carbocycles. The van der Waals surface area contributed by atoms with Gasteiger partial charge >= 0.3 is 0 Å². The molecule has 1 N–H and O–H groups in total. The number of amides is 1. The van der Waals surface area contributed by atoms with Gasteiger partial charge in [-0.2, -0.15) is 4.31 Å². The van der Waals surface area contributed by atoms with Crippen molar-refractivity contribution < 1.29 is 17.6 Å². The van der Waals surface area contributed by atoms with Crippen molar-refractivity contribution in [2.45, 2.75) is 42.0 Å². The number of hydrogen-bond acceptors (Lipinski definition) is 4. The van der Waals surface area contributed by atoms with Gasteiger partial charge in [-0.3, -0.25) is 4.79 Å². The molecule has 1 fully saturated rings. The molecule has 3 rings (SSSR count). The van der Waals surface area contributed by atoms with Gasteiger partial charge in [0.05, 0.1) is 4.90 Å². The van der Waals surface area contributed by atoms with Gasteiger partial charge in [0, 0.05) is 36.7 Å². The Bertz CT molecular complexity index is 927. The number of halogens is 1. The molecule has 0 unspecified atom stereocenters. The standard InChI is InChI=1S/C21H25FN2O3S2/c22-19-6-2-3-7-20(19)28-15-12-21(25)23-16-17-8-10-18(11-9-17)29(26,27)24-13-4-1-5-14-24/h2-3,6-11H,1,4-5,12-16H2,(H,23,25). The van der Waals surface area contributed by atoms with Gasteiger partial charge in [0.15, 0.2) is 0 Å². The Hall–Kier alpha value is -1.90. The molecule has 1 aliphatic rings. The Balaban J connectivity index is 1.46. The molecule has 0 atom stereocenters. The summed E-state index contributed by atoms with van der Waals surface area (Å²) in [5.41, 5.74) is 0.831. The Morgan fingerprint density at radius 3 is 2.41 bits per heavy atom. The monoisotopic (exact) mass is 436 g/mol. The molecule has 29 heavy (non-hydrogen) atoms. The van der Waals surface area contributed by atoms with Gasteiger partial charge in [-0.15, -0.1) is 11.8 Å². The number of piperidine rings is 1. The number of carbonyl (C=O) groups excluding carboxylic acids is 1. The summed E-state index contributed by atoms with van der Waals surface area (Å²) in [7, 11) is -3.44. The summed E-state index contributed by atoms with van der Waals surface area (Å²) in [6.45, 7) is 1.48. The van der Waals surface area contributed by atoms with Gasteiger partial charge in [0.2, 0.25) is 15.9 Å². The zero-order valence-corrected chi connectivity index (χ0v) is 17.8. The lowest BCUT2D eigenvalue weighted by Crippen LogP contribution is -2.35. The highest BCUT2D eigenvalue weighted by Crippen LogP contribution is 2.22. The lowest BCUT2D eigenvalue weighted by atomic mass is 10.2. The number of sulfonamides is 1. The van der Waals surface area contributed by atoms with Gasteiger partial charge in [0.1, 0.15) is 5.82 Å². The fraction of sp³-hybridized carbons (Fsp3) is 0.381. The zero-order chi connectivity index (χ0) is 20.7. The van der Waals surface area contributed by atoms with Gasteiger partial charge < -0.3 is 5.32 Å². The van der Waals surface area contributed by atoms with Gasteiger partial charge in [-0.25, -0.2) is 12.8 Å². The van der Waals surface area contributed by atoms with E-state index in [-0.39, 0.29) is 23.0 Å². The van der Waals surface area contributed by atoms with E-state index in [0.717, 1.165) is 24.8 Å². The number of rotatable bonds is 8. The lowest BCUT2D eigenvalue weighted by molar-refractivity contribution is -0.120. The molecular formula is C21H25FN2O3S2. The van der Waals surface area contributed by atoms with Crippen LogP contribution in [0.3, 0.4) is 0 Å². The summed E-state index contributed by atoms with van der Waals surface area (Å²) in [5, 5.41) is 2.82. The van der Waals surface area contributed by atoms with Crippen molar-refractivity contribution in [3.8, 4) is 0 Å². The van der Waals surface area contributed by atoms with Crippen molar-refractivity contribution >= 4 is 27.7 Å². The highest BCUT2D eigenvalue weighted by atomic mass is 32.2. The lowest BCUT2D eigenvalue weighted by Gasteiger charge is -2.25. The maximum absolute atomic E-state index is 13.6. The topological polar surface area (TPSA) is 66.5 Å². The quantitative estimate of drug-likeness (QED) is 0.639. The summed E-state index contributed by atoms with van der Waals surface area (Å²) in [5.74, 6) is 0.0797. The maximum Gasteiger partial charge on any atom is 0.243 e. The fourth-order valence-electron chi connectivity index (χ4n) is 3.14. The van der Waals surface area contributed by atoms with Gasteiger partial charge in [0.25, 0.3) is 0 Å². The predicted octanol–water partition coefficient (Wildman–Crippen LogP) is 3.80. The van der Waals surface area contributed by atoms with Crippen LogP contribution in [0.1, 0.15) is 31.2 Å². The second-order valence-electron chi connectivity index (χ2n) is 6.91. The van der Waals surface area contributed by atoms with Crippen LogP contribution in [-0.4, -0.2) is 37.5 Å². The average Bonchev–Trinajstić information content (AvgIpc) is 2.74. The fourth-order valence-corrected chi connectivity index (χ4v) is 5.54. The van der Waals surface area contributed by atoms with Crippen LogP contribution in [0.15, 0.2) is 58.3 Å². The largest absolute Gasteiger partial charge is 0.352 e. The van der Waals surface area contributed by atoms with Crippen molar-refractivity contribution in [1.82, 2.24) is 9.62 Å². The molecule has 5 nitrogen and oxygen atoms in total. The third-order valence-corrected chi connectivity index (χ3v) is 7.75. The van der Waals surface area contributed by atoms with E-state index in [1.165, 1.54) is 17.8 Å². The van der Waals surface area contributed by atoms with Crippen LogP contribution in [0, 0.1) is 5.82 Å². The van der Waals surface area contributed by atoms with Crippen LogP contribution < -0.4 is 5.32 Å². The molecule has 0 bridgehead atoms. The first-order valence-corrected chi connectivity index (χ1v) is 12.1. The number of nitrogens with one attached hydrogen (secondary N) is 1. The van der Waals surface area contributed by atoms with E-state index in [0.29, 0.717) is 30.3 Å². The van der Waals surface area contributed by atoms with Crippen molar-refractivity contribution in [1.29, 1.82) is 0 Å². The van der Waals surface area contributed by atoms with E-state index in [2.05, 4.69) is 5.32 Å². The SMILES string of the molecule is O=C(CCSc1ccccc1F)NCc1ccc(S(=O)(=O)N2CCCCC2)cc1. The molecule has 1 heterocycles. The number of thioether (sulfide) groups is 1. The molecule has 0 radical (unpaired) electrons. The molecule has 8 heteroatoms. The minimum Gasteiger partial charge on any atom is -0.352 e. The van der Waals surface area contributed by atoms with Crippen LogP contribution in [0.4, 0.5) is 4.39 Å². The summed E-state index contributed by atoms with van der Waals surface area (Å²) in [6.07, 6.45) is 3.15. The van der Waals surface area contributed by atoms with E-state index < -0.39 is 10.0 Å². The Morgan fingerprint density at radius 1 is 1.03 bits per heavy atom. The van der Waals surface area contributed by atoms with Crippen molar-refractivity contribution in [2.75, 3.05) is 18.8 Å². The van der Waals surface area contributed by atoms with Crippen LogP contribution >= 0.6 is 11.8 Å². The second kappa shape index (κ2) is 10.2. The Labute approximate surface area is 175 Å². The van der Waals surface area contributed by atoms with E-state index in [1.54, 1.807) is 46.8 Å². The number of hydrogen-bond donors (Lipinski definition) is 1. The van der Waals surface area contributed by atoms with Crippen molar-refractivity contribution in [2.24, 2.45) is 0 Å². The molecule has 2 aromatic carbocycles. The highest BCUT2D eigenvalue weighted by Gasteiger charge is 2.25. The first kappa shape index (κ1) is 21.8. The molecule has 156 valence electrons. The molecule has 2 aromatic rings. The number of nitrogens with zero attached hydrogens (tertiary/aromatic N) is 1. The normalized spacial score (nSPS) is 15.2.